The Hall–Kier alpha value is -1.58. The molecule has 15 heavy (non-hydrogen) atoms. The standard InChI is InChI=1S/C11H15NO3/c1-3-15-10-6-4-9(12-8-10)5-7-11(13)14-2/h4,6,8H,3,5,7H2,1-2H3. The van der Waals surface area contributed by atoms with Crippen molar-refractivity contribution in [3.8, 4) is 5.75 Å². The molecule has 0 aromatic carbocycles. The molecule has 82 valence electrons. The Kier molecular flexibility index (Phi) is 4.60. The van der Waals surface area contributed by atoms with Crippen molar-refractivity contribution in [3.63, 3.8) is 0 Å². The Bertz CT molecular complexity index is 308. The van der Waals surface area contributed by atoms with Crippen molar-refractivity contribution < 1.29 is 14.3 Å². The number of esters is 1. The molecule has 0 fully saturated rings. The zero-order valence-electron chi connectivity index (χ0n) is 9.03. The first-order valence-corrected chi connectivity index (χ1v) is 4.90. The van der Waals surface area contributed by atoms with Crippen LogP contribution in [0.3, 0.4) is 0 Å². The Morgan fingerprint density at radius 1 is 1.47 bits per heavy atom. The lowest BCUT2D eigenvalue weighted by Gasteiger charge is -2.03. The summed E-state index contributed by atoms with van der Waals surface area (Å²) in [6.45, 7) is 2.55. The summed E-state index contributed by atoms with van der Waals surface area (Å²) in [5.41, 5.74) is 0.865. The van der Waals surface area contributed by atoms with Crippen molar-refractivity contribution >= 4 is 5.97 Å². The lowest BCUT2D eigenvalue weighted by molar-refractivity contribution is -0.140. The number of ether oxygens (including phenoxy) is 2. The highest BCUT2D eigenvalue weighted by molar-refractivity contribution is 5.69. The second-order valence-electron chi connectivity index (χ2n) is 2.99. The number of aryl methyl sites for hydroxylation is 1. The van der Waals surface area contributed by atoms with E-state index >= 15 is 0 Å². The average molecular weight is 209 g/mol. The van der Waals surface area contributed by atoms with E-state index in [4.69, 9.17) is 4.74 Å². The average Bonchev–Trinajstić information content (AvgIpc) is 2.28. The van der Waals surface area contributed by atoms with E-state index in [1.807, 2.05) is 19.1 Å². The predicted molar refractivity (Wildman–Crippen MR) is 55.7 cm³/mol. The van der Waals surface area contributed by atoms with Crippen LogP contribution in [0.5, 0.6) is 5.75 Å². The van der Waals surface area contributed by atoms with Gasteiger partial charge < -0.3 is 9.47 Å². The van der Waals surface area contributed by atoms with Crippen LogP contribution in [0.25, 0.3) is 0 Å². The molecule has 0 aliphatic carbocycles. The van der Waals surface area contributed by atoms with Crippen LogP contribution in [0.1, 0.15) is 19.0 Å². The zero-order valence-corrected chi connectivity index (χ0v) is 9.03. The van der Waals surface area contributed by atoms with Gasteiger partial charge in [0.05, 0.1) is 26.3 Å². The van der Waals surface area contributed by atoms with Crippen LogP contribution >= 0.6 is 0 Å². The summed E-state index contributed by atoms with van der Waals surface area (Å²) in [6.07, 6.45) is 2.62. The van der Waals surface area contributed by atoms with Crippen LogP contribution in [0.4, 0.5) is 0 Å². The van der Waals surface area contributed by atoms with Gasteiger partial charge in [-0.25, -0.2) is 0 Å². The smallest absolute Gasteiger partial charge is 0.305 e. The molecular weight excluding hydrogens is 194 g/mol. The molecule has 1 aromatic heterocycles. The number of pyridine rings is 1. The van der Waals surface area contributed by atoms with E-state index in [9.17, 15) is 4.79 Å². The van der Waals surface area contributed by atoms with E-state index in [2.05, 4.69) is 9.72 Å². The monoisotopic (exact) mass is 209 g/mol. The third kappa shape index (κ3) is 3.97. The van der Waals surface area contributed by atoms with Gasteiger partial charge in [-0.1, -0.05) is 0 Å². The van der Waals surface area contributed by atoms with Crippen LogP contribution in [0.2, 0.25) is 0 Å². The highest BCUT2D eigenvalue weighted by atomic mass is 16.5. The molecule has 1 rings (SSSR count). The highest BCUT2D eigenvalue weighted by Crippen LogP contribution is 2.10. The third-order valence-electron chi connectivity index (χ3n) is 1.92. The molecule has 1 heterocycles. The van der Waals surface area contributed by atoms with Gasteiger partial charge in [0, 0.05) is 12.1 Å². The SMILES string of the molecule is CCOc1ccc(CCC(=O)OC)nc1. The number of nitrogens with zero attached hydrogens (tertiary/aromatic N) is 1. The largest absolute Gasteiger partial charge is 0.492 e. The van der Waals surface area contributed by atoms with Crippen LogP contribution in [0.15, 0.2) is 18.3 Å². The van der Waals surface area contributed by atoms with Gasteiger partial charge in [-0.3, -0.25) is 9.78 Å². The molecule has 0 atom stereocenters. The van der Waals surface area contributed by atoms with Gasteiger partial charge in [-0.2, -0.15) is 0 Å². The fourth-order valence-electron chi connectivity index (χ4n) is 1.14. The first-order valence-electron chi connectivity index (χ1n) is 4.90. The highest BCUT2D eigenvalue weighted by Gasteiger charge is 2.02. The van der Waals surface area contributed by atoms with Crippen LogP contribution in [0, 0.1) is 0 Å². The van der Waals surface area contributed by atoms with Crippen molar-refractivity contribution in [2.75, 3.05) is 13.7 Å². The molecule has 0 amide bonds. The minimum absolute atomic E-state index is 0.217. The molecule has 4 heteroatoms. The van der Waals surface area contributed by atoms with Crippen LogP contribution < -0.4 is 4.74 Å². The first-order chi connectivity index (χ1) is 7.26. The normalized spacial score (nSPS) is 9.73. The van der Waals surface area contributed by atoms with Crippen LogP contribution in [-0.2, 0) is 16.0 Å². The van der Waals surface area contributed by atoms with E-state index in [1.165, 1.54) is 7.11 Å². The topological polar surface area (TPSA) is 48.4 Å². The van der Waals surface area contributed by atoms with Crippen LogP contribution in [-0.4, -0.2) is 24.7 Å². The second-order valence-corrected chi connectivity index (χ2v) is 2.99. The Morgan fingerprint density at radius 2 is 2.27 bits per heavy atom. The maximum Gasteiger partial charge on any atom is 0.305 e. The molecule has 0 spiro atoms. The minimum atomic E-state index is -0.217. The molecule has 0 saturated heterocycles. The number of hydrogen-bond donors (Lipinski definition) is 0. The lowest BCUT2D eigenvalue weighted by Crippen LogP contribution is -2.03. The van der Waals surface area contributed by atoms with Crippen molar-refractivity contribution in [1.29, 1.82) is 0 Å². The van der Waals surface area contributed by atoms with Gasteiger partial charge in [-0.05, 0) is 19.1 Å². The molecule has 4 nitrogen and oxygen atoms in total. The number of rotatable bonds is 5. The predicted octanol–water partition coefficient (Wildman–Crippen LogP) is 1.59. The molecule has 0 saturated carbocycles. The van der Waals surface area contributed by atoms with E-state index in [1.54, 1.807) is 6.20 Å². The quantitative estimate of drug-likeness (QED) is 0.691. The summed E-state index contributed by atoms with van der Waals surface area (Å²) in [7, 11) is 1.38. The fraction of sp³-hybridized carbons (Fsp3) is 0.455. The van der Waals surface area contributed by atoms with Crippen molar-refractivity contribution in [2.24, 2.45) is 0 Å². The number of carbonyl (C=O) groups is 1. The van der Waals surface area contributed by atoms with E-state index in [0.717, 1.165) is 11.4 Å². The van der Waals surface area contributed by atoms with E-state index in [-0.39, 0.29) is 5.97 Å². The Morgan fingerprint density at radius 3 is 2.80 bits per heavy atom. The number of hydrogen-bond acceptors (Lipinski definition) is 4. The number of methoxy groups -OCH3 is 1. The Labute approximate surface area is 89.2 Å². The molecule has 0 bridgehead atoms. The summed E-state index contributed by atoms with van der Waals surface area (Å²) >= 11 is 0. The molecular formula is C11H15NO3. The van der Waals surface area contributed by atoms with Gasteiger partial charge in [0.25, 0.3) is 0 Å². The maximum absolute atomic E-state index is 10.9. The van der Waals surface area contributed by atoms with Crippen molar-refractivity contribution in [3.05, 3.63) is 24.0 Å². The molecule has 0 aliphatic heterocycles. The lowest BCUT2D eigenvalue weighted by atomic mass is 10.2. The van der Waals surface area contributed by atoms with Crippen molar-refractivity contribution in [1.82, 2.24) is 4.98 Å². The first kappa shape index (κ1) is 11.5. The van der Waals surface area contributed by atoms with Gasteiger partial charge in [0.1, 0.15) is 5.75 Å². The molecule has 0 N–H and O–H groups in total. The van der Waals surface area contributed by atoms with E-state index < -0.39 is 0 Å². The zero-order chi connectivity index (χ0) is 11.1. The number of aromatic nitrogens is 1. The fourth-order valence-corrected chi connectivity index (χ4v) is 1.14. The third-order valence-corrected chi connectivity index (χ3v) is 1.92. The molecule has 0 radical (unpaired) electrons. The second kappa shape index (κ2) is 6.01. The number of carbonyl (C=O) groups excluding carboxylic acids is 1. The minimum Gasteiger partial charge on any atom is -0.492 e. The Balaban J connectivity index is 2.45. The molecule has 0 aliphatic rings. The van der Waals surface area contributed by atoms with Gasteiger partial charge in [0.15, 0.2) is 0 Å². The summed E-state index contributed by atoms with van der Waals surface area (Å²) in [5, 5.41) is 0. The molecule has 1 aromatic rings. The summed E-state index contributed by atoms with van der Waals surface area (Å²) in [4.78, 5) is 15.1. The molecule has 0 unspecified atom stereocenters. The summed E-state index contributed by atoms with van der Waals surface area (Å²) < 4.78 is 9.80. The van der Waals surface area contributed by atoms with Gasteiger partial charge >= 0.3 is 5.97 Å². The van der Waals surface area contributed by atoms with Gasteiger partial charge in [0.2, 0.25) is 0 Å². The van der Waals surface area contributed by atoms with Gasteiger partial charge in [-0.15, -0.1) is 0 Å². The van der Waals surface area contributed by atoms with Crippen molar-refractivity contribution in [2.45, 2.75) is 19.8 Å². The summed E-state index contributed by atoms with van der Waals surface area (Å²) in [5.74, 6) is 0.532. The summed E-state index contributed by atoms with van der Waals surface area (Å²) in [6, 6.07) is 3.71. The van der Waals surface area contributed by atoms with E-state index in [0.29, 0.717) is 19.4 Å². The maximum atomic E-state index is 10.9.